The molecule has 4 rings (SSSR count). The van der Waals surface area contributed by atoms with E-state index in [1.807, 2.05) is 6.07 Å². The molecule has 1 saturated heterocycles. The van der Waals surface area contributed by atoms with Gasteiger partial charge in [-0.05, 0) is 36.8 Å². The zero-order chi connectivity index (χ0) is 19.5. The number of carbonyl (C=O) groups is 2. The fourth-order valence-corrected chi connectivity index (χ4v) is 3.47. The molecule has 0 saturated carbocycles. The maximum absolute atomic E-state index is 12.5. The Hall–Kier alpha value is -3.22. The lowest BCUT2D eigenvalue weighted by atomic mass is 10.2. The van der Waals surface area contributed by atoms with Gasteiger partial charge in [0.15, 0.2) is 11.5 Å². The number of anilines is 2. The van der Waals surface area contributed by atoms with E-state index in [0.717, 1.165) is 13.1 Å². The fraction of sp³-hybridized carbons (Fsp3) is 0.333. The lowest BCUT2D eigenvalue weighted by molar-refractivity contribution is -0.134. The SMILES string of the molecule is Cc1cccc(N2CCN(C(=O)CC(=O)Nc3ccc4c(c3)OCO4)CC2)c1. The minimum atomic E-state index is -0.329. The number of hydrogen-bond acceptors (Lipinski definition) is 5. The van der Waals surface area contributed by atoms with Crippen LogP contribution in [0.25, 0.3) is 0 Å². The molecule has 2 aliphatic rings. The first-order valence-electron chi connectivity index (χ1n) is 9.37. The lowest BCUT2D eigenvalue weighted by Gasteiger charge is -2.36. The van der Waals surface area contributed by atoms with Gasteiger partial charge in [0.2, 0.25) is 18.6 Å². The lowest BCUT2D eigenvalue weighted by Crippen LogP contribution is -2.49. The Bertz CT molecular complexity index is 891. The van der Waals surface area contributed by atoms with E-state index in [4.69, 9.17) is 9.47 Å². The summed E-state index contributed by atoms with van der Waals surface area (Å²) in [5.41, 5.74) is 2.98. The van der Waals surface area contributed by atoms with Crippen LogP contribution in [-0.2, 0) is 9.59 Å². The highest BCUT2D eigenvalue weighted by Crippen LogP contribution is 2.34. The Morgan fingerprint density at radius 3 is 2.57 bits per heavy atom. The second-order valence-electron chi connectivity index (χ2n) is 7.00. The summed E-state index contributed by atoms with van der Waals surface area (Å²) in [4.78, 5) is 28.8. The van der Waals surface area contributed by atoms with Crippen molar-refractivity contribution in [2.45, 2.75) is 13.3 Å². The van der Waals surface area contributed by atoms with Crippen LogP contribution in [0.15, 0.2) is 42.5 Å². The second kappa shape index (κ2) is 7.80. The van der Waals surface area contributed by atoms with Crippen molar-refractivity contribution in [2.75, 3.05) is 43.2 Å². The van der Waals surface area contributed by atoms with Crippen LogP contribution in [-0.4, -0.2) is 49.7 Å². The summed E-state index contributed by atoms with van der Waals surface area (Å²) in [5, 5.41) is 2.75. The van der Waals surface area contributed by atoms with Crippen LogP contribution in [0.2, 0.25) is 0 Å². The topological polar surface area (TPSA) is 71.1 Å². The van der Waals surface area contributed by atoms with Crippen LogP contribution in [0.4, 0.5) is 11.4 Å². The summed E-state index contributed by atoms with van der Waals surface area (Å²) < 4.78 is 10.5. The van der Waals surface area contributed by atoms with Gasteiger partial charge < -0.3 is 24.6 Å². The molecule has 0 aliphatic carbocycles. The van der Waals surface area contributed by atoms with Crippen LogP contribution in [0.5, 0.6) is 11.5 Å². The maximum atomic E-state index is 12.5. The highest BCUT2D eigenvalue weighted by Gasteiger charge is 2.23. The van der Waals surface area contributed by atoms with Gasteiger partial charge in [0.1, 0.15) is 6.42 Å². The zero-order valence-electron chi connectivity index (χ0n) is 15.8. The van der Waals surface area contributed by atoms with Gasteiger partial charge in [0, 0.05) is 43.6 Å². The molecular weight excluding hydrogens is 358 g/mol. The molecule has 146 valence electrons. The number of benzene rings is 2. The van der Waals surface area contributed by atoms with Gasteiger partial charge in [-0.2, -0.15) is 0 Å². The van der Waals surface area contributed by atoms with Crippen molar-refractivity contribution in [3.63, 3.8) is 0 Å². The number of ether oxygens (including phenoxy) is 2. The van der Waals surface area contributed by atoms with Crippen molar-refractivity contribution >= 4 is 23.2 Å². The van der Waals surface area contributed by atoms with E-state index < -0.39 is 0 Å². The second-order valence-corrected chi connectivity index (χ2v) is 7.00. The number of amides is 2. The molecule has 2 amide bonds. The summed E-state index contributed by atoms with van der Waals surface area (Å²) in [5.74, 6) is 0.768. The molecule has 7 heteroatoms. The van der Waals surface area contributed by atoms with Crippen LogP contribution in [0.1, 0.15) is 12.0 Å². The van der Waals surface area contributed by atoms with Gasteiger partial charge >= 0.3 is 0 Å². The Kier molecular flexibility index (Phi) is 5.06. The summed E-state index contributed by atoms with van der Waals surface area (Å²) in [6.45, 7) is 5.01. The largest absolute Gasteiger partial charge is 0.454 e. The Morgan fingerprint density at radius 1 is 1.00 bits per heavy atom. The number of nitrogens with one attached hydrogen (secondary N) is 1. The van der Waals surface area contributed by atoms with Crippen molar-refractivity contribution in [1.82, 2.24) is 4.90 Å². The van der Waals surface area contributed by atoms with E-state index >= 15 is 0 Å². The third kappa shape index (κ3) is 4.03. The van der Waals surface area contributed by atoms with Gasteiger partial charge in [0.05, 0.1) is 0 Å². The molecule has 0 spiro atoms. The van der Waals surface area contributed by atoms with Crippen LogP contribution in [0.3, 0.4) is 0 Å². The molecule has 2 heterocycles. The normalized spacial score (nSPS) is 15.5. The molecule has 2 aliphatic heterocycles. The maximum Gasteiger partial charge on any atom is 0.233 e. The molecule has 2 aromatic rings. The molecule has 0 bridgehead atoms. The molecule has 2 aromatic carbocycles. The highest BCUT2D eigenvalue weighted by atomic mass is 16.7. The summed E-state index contributed by atoms with van der Waals surface area (Å²) in [6, 6.07) is 13.5. The number of carbonyl (C=O) groups excluding carboxylic acids is 2. The molecule has 0 atom stereocenters. The third-order valence-electron chi connectivity index (χ3n) is 4.97. The van der Waals surface area contributed by atoms with Gasteiger partial charge in [-0.15, -0.1) is 0 Å². The number of piperazine rings is 1. The van der Waals surface area contributed by atoms with Crippen LogP contribution in [0, 0.1) is 6.92 Å². The van der Waals surface area contributed by atoms with Crippen molar-refractivity contribution in [3.8, 4) is 11.5 Å². The number of rotatable bonds is 4. The number of aryl methyl sites for hydroxylation is 1. The average molecular weight is 381 g/mol. The van der Waals surface area contributed by atoms with E-state index in [1.165, 1.54) is 11.3 Å². The molecular formula is C21H23N3O4. The first kappa shape index (κ1) is 18.2. The van der Waals surface area contributed by atoms with E-state index in [9.17, 15) is 9.59 Å². The molecule has 7 nitrogen and oxygen atoms in total. The summed E-state index contributed by atoms with van der Waals surface area (Å²) >= 11 is 0. The predicted octanol–water partition coefficient (Wildman–Crippen LogP) is 2.40. The molecule has 1 N–H and O–H groups in total. The first-order valence-corrected chi connectivity index (χ1v) is 9.37. The van der Waals surface area contributed by atoms with E-state index in [1.54, 1.807) is 23.1 Å². The summed E-state index contributed by atoms with van der Waals surface area (Å²) in [6.07, 6.45) is -0.168. The average Bonchev–Trinajstić information content (AvgIpc) is 3.16. The highest BCUT2D eigenvalue weighted by molar-refractivity contribution is 6.03. The Labute approximate surface area is 163 Å². The standard InChI is InChI=1S/C21H23N3O4/c1-15-3-2-4-17(11-15)23-7-9-24(10-8-23)21(26)13-20(25)22-16-5-6-18-19(12-16)28-14-27-18/h2-6,11-12H,7-10,13-14H2,1H3,(H,22,25). The molecule has 0 unspecified atom stereocenters. The Balaban J connectivity index is 1.28. The smallest absolute Gasteiger partial charge is 0.233 e. The third-order valence-corrected chi connectivity index (χ3v) is 4.97. The monoisotopic (exact) mass is 381 g/mol. The molecule has 0 aromatic heterocycles. The minimum Gasteiger partial charge on any atom is -0.454 e. The van der Waals surface area contributed by atoms with E-state index in [-0.39, 0.29) is 25.0 Å². The fourth-order valence-electron chi connectivity index (χ4n) is 3.47. The van der Waals surface area contributed by atoms with Gasteiger partial charge in [0.25, 0.3) is 0 Å². The quantitative estimate of drug-likeness (QED) is 0.824. The molecule has 1 fully saturated rings. The predicted molar refractivity (Wildman–Crippen MR) is 106 cm³/mol. The first-order chi connectivity index (χ1) is 13.6. The Morgan fingerprint density at radius 2 is 1.79 bits per heavy atom. The van der Waals surface area contributed by atoms with Crippen molar-refractivity contribution in [2.24, 2.45) is 0 Å². The molecule has 28 heavy (non-hydrogen) atoms. The van der Waals surface area contributed by atoms with Crippen LogP contribution >= 0.6 is 0 Å². The molecule has 0 radical (unpaired) electrons. The number of fused-ring (bicyclic) bond motifs is 1. The van der Waals surface area contributed by atoms with Crippen LogP contribution < -0.4 is 19.7 Å². The van der Waals surface area contributed by atoms with Gasteiger partial charge in [-0.3, -0.25) is 9.59 Å². The van der Waals surface area contributed by atoms with Gasteiger partial charge in [-0.25, -0.2) is 0 Å². The van der Waals surface area contributed by atoms with E-state index in [0.29, 0.717) is 30.3 Å². The minimum absolute atomic E-state index is 0.151. The van der Waals surface area contributed by atoms with Crippen molar-refractivity contribution in [3.05, 3.63) is 48.0 Å². The zero-order valence-corrected chi connectivity index (χ0v) is 15.8. The van der Waals surface area contributed by atoms with Gasteiger partial charge in [-0.1, -0.05) is 12.1 Å². The summed E-state index contributed by atoms with van der Waals surface area (Å²) in [7, 11) is 0. The number of nitrogens with zero attached hydrogens (tertiary/aromatic N) is 2. The van der Waals surface area contributed by atoms with E-state index in [2.05, 4.69) is 35.3 Å². The van der Waals surface area contributed by atoms with Crippen molar-refractivity contribution in [1.29, 1.82) is 0 Å². The number of hydrogen-bond donors (Lipinski definition) is 1. The van der Waals surface area contributed by atoms with Crippen molar-refractivity contribution < 1.29 is 19.1 Å².